The van der Waals surface area contributed by atoms with E-state index in [1.165, 1.54) is 0 Å². The van der Waals surface area contributed by atoms with Crippen LogP contribution in [0.25, 0.3) is 0 Å². The molecule has 1 unspecified atom stereocenters. The van der Waals surface area contributed by atoms with E-state index in [1.807, 2.05) is 20.8 Å². The van der Waals surface area contributed by atoms with Crippen molar-refractivity contribution >= 4 is 0 Å². The maximum absolute atomic E-state index is 14.0. The third-order valence-electron chi connectivity index (χ3n) is 3.25. The van der Waals surface area contributed by atoms with Crippen molar-refractivity contribution in [2.75, 3.05) is 13.7 Å². The number of halogens is 2. The Morgan fingerprint density at radius 2 is 1.89 bits per heavy atom. The van der Waals surface area contributed by atoms with Crippen molar-refractivity contribution in [2.24, 2.45) is 0 Å². The van der Waals surface area contributed by atoms with E-state index in [1.54, 1.807) is 26.2 Å². The fraction of sp³-hybridized carbons (Fsp3) is 0.571. The molecule has 0 heterocycles. The molecular formula is C14H21F2NO. The van der Waals surface area contributed by atoms with Gasteiger partial charge in [0.15, 0.2) is 11.6 Å². The molecule has 1 aromatic carbocycles. The molecule has 0 aromatic heterocycles. The van der Waals surface area contributed by atoms with Gasteiger partial charge < -0.3 is 10.1 Å². The highest BCUT2D eigenvalue weighted by Crippen LogP contribution is 2.31. The van der Waals surface area contributed by atoms with Crippen LogP contribution in [0.1, 0.15) is 37.9 Å². The van der Waals surface area contributed by atoms with Gasteiger partial charge in [-0.15, -0.1) is 0 Å². The number of methoxy groups -OCH3 is 1. The van der Waals surface area contributed by atoms with Crippen LogP contribution in [-0.4, -0.2) is 19.3 Å². The van der Waals surface area contributed by atoms with E-state index in [9.17, 15) is 8.78 Å². The van der Waals surface area contributed by atoms with E-state index in [0.29, 0.717) is 17.7 Å². The molecule has 0 radical (unpaired) electrons. The molecule has 1 aromatic rings. The zero-order valence-electron chi connectivity index (χ0n) is 11.6. The van der Waals surface area contributed by atoms with Crippen LogP contribution in [0, 0.1) is 18.6 Å². The molecule has 102 valence electrons. The SMILES string of the molecule is CCNC(c1ccc(C)c(F)c1F)C(C)(C)OC. The van der Waals surface area contributed by atoms with E-state index >= 15 is 0 Å². The fourth-order valence-corrected chi connectivity index (χ4v) is 1.94. The topological polar surface area (TPSA) is 21.3 Å². The van der Waals surface area contributed by atoms with Crippen molar-refractivity contribution in [3.05, 3.63) is 34.9 Å². The van der Waals surface area contributed by atoms with Crippen LogP contribution in [0.2, 0.25) is 0 Å². The molecule has 0 saturated carbocycles. The van der Waals surface area contributed by atoms with Crippen LogP contribution in [0.5, 0.6) is 0 Å². The molecule has 0 fully saturated rings. The quantitative estimate of drug-likeness (QED) is 0.873. The number of likely N-dealkylation sites (N-methyl/N-ethyl adjacent to an activating group) is 1. The van der Waals surface area contributed by atoms with Crippen molar-refractivity contribution in [3.8, 4) is 0 Å². The van der Waals surface area contributed by atoms with Gasteiger partial charge in [0.05, 0.1) is 11.6 Å². The lowest BCUT2D eigenvalue weighted by molar-refractivity contribution is -0.0117. The van der Waals surface area contributed by atoms with Gasteiger partial charge in [-0.25, -0.2) is 8.78 Å². The predicted octanol–water partition coefficient (Wildman–Crippen LogP) is 3.35. The summed E-state index contributed by atoms with van der Waals surface area (Å²) in [6.45, 7) is 7.80. The predicted molar refractivity (Wildman–Crippen MR) is 68.6 cm³/mol. The number of aryl methyl sites for hydroxylation is 1. The maximum atomic E-state index is 14.0. The highest BCUT2D eigenvalue weighted by Gasteiger charge is 2.33. The molecule has 18 heavy (non-hydrogen) atoms. The first kappa shape index (κ1) is 15.1. The van der Waals surface area contributed by atoms with Gasteiger partial charge in [-0.05, 0) is 32.9 Å². The van der Waals surface area contributed by atoms with E-state index in [-0.39, 0.29) is 0 Å². The number of nitrogens with one attached hydrogen (secondary N) is 1. The molecule has 1 atom stereocenters. The normalized spacial score (nSPS) is 13.7. The monoisotopic (exact) mass is 257 g/mol. The first-order valence-corrected chi connectivity index (χ1v) is 6.08. The summed E-state index contributed by atoms with van der Waals surface area (Å²) in [6, 6.07) is 2.80. The van der Waals surface area contributed by atoms with E-state index < -0.39 is 23.3 Å². The summed E-state index contributed by atoms with van der Waals surface area (Å²) in [5, 5.41) is 3.15. The molecule has 0 aliphatic rings. The van der Waals surface area contributed by atoms with E-state index in [4.69, 9.17) is 4.74 Å². The summed E-state index contributed by atoms with van der Waals surface area (Å²) in [4.78, 5) is 0. The molecule has 1 rings (SSSR count). The molecule has 0 saturated heterocycles. The average Bonchev–Trinajstić information content (AvgIpc) is 2.34. The van der Waals surface area contributed by atoms with Crippen molar-refractivity contribution in [3.63, 3.8) is 0 Å². The van der Waals surface area contributed by atoms with Gasteiger partial charge in [0.1, 0.15) is 0 Å². The van der Waals surface area contributed by atoms with Crippen LogP contribution in [0.4, 0.5) is 8.78 Å². The van der Waals surface area contributed by atoms with Gasteiger partial charge in [0.2, 0.25) is 0 Å². The Balaban J connectivity index is 3.27. The smallest absolute Gasteiger partial charge is 0.163 e. The minimum absolute atomic E-state index is 0.298. The van der Waals surface area contributed by atoms with Crippen LogP contribution < -0.4 is 5.32 Å². The van der Waals surface area contributed by atoms with Gasteiger partial charge in [0.25, 0.3) is 0 Å². The van der Waals surface area contributed by atoms with Crippen LogP contribution in [0.3, 0.4) is 0 Å². The lowest BCUT2D eigenvalue weighted by Gasteiger charge is -2.34. The molecule has 0 aliphatic carbocycles. The fourth-order valence-electron chi connectivity index (χ4n) is 1.94. The number of benzene rings is 1. The summed E-state index contributed by atoms with van der Waals surface area (Å²) in [5.74, 6) is -1.59. The second kappa shape index (κ2) is 5.76. The highest BCUT2D eigenvalue weighted by atomic mass is 19.2. The highest BCUT2D eigenvalue weighted by molar-refractivity contribution is 5.29. The van der Waals surface area contributed by atoms with Crippen LogP contribution in [-0.2, 0) is 4.74 Å². The second-order valence-corrected chi connectivity index (χ2v) is 4.90. The van der Waals surface area contributed by atoms with Crippen molar-refractivity contribution in [1.29, 1.82) is 0 Å². The number of hydrogen-bond donors (Lipinski definition) is 1. The Bertz CT molecular complexity index is 419. The lowest BCUT2D eigenvalue weighted by Crippen LogP contribution is -2.41. The second-order valence-electron chi connectivity index (χ2n) is 4.90. The van der Waals surface area contributed by atoms with E-state index in [0.717, 1.165) is 0 Å². The summed E-state index contributed by atoms with van der Waals surface area (Å²) < 4.78 is 33.1. The number of rotatable bonds is 5. The van der Waals surface area contributed by atoms with Gasteiger partial charge in [-0.2, -0.15) is 0 Å². The summed E-state index contributed by atoms with van der Waals surface area (Å²) in [6.07, 6.45) is 0. The molecular weight excluding hydrogens is 236 g/mol. The zero-order chi connectivity index (χ0) is 13.9. The molecule has 4 heteroatoms. The number of ether oxygens (including phenoxy) is 1. The molecule has 0 aliphatic heterocycles. The third kappa shape index (κ3) is 2.87. The Hall–Kier alpha value is -1.00. The minimum Gasteiger partial charge on any atom is -0.377 e. The van der Waals surface area contributed by atoms with Crippen molar-refractivity contribution in [2.45, 2.75) is 39.3 Å². The summed E-state index contributed by atoms with van der Waals surface area (Å²) in [7, 11) is 1.56. The Morgan fingerprint density at radius 3 is 2.39 bits per heavy atom. The maximum Gasteiger partial charge on any atom is 0.163 e. The standard InChI is InChI=1S/C14H21F2NO/c1-6-17-13(14(3,4)18-5)10-8-7-9(2)11(15)12(10)16/h7-8,13,17H,6H2,1-5H3. The molecule has 0 amide bonds. The molecule has 2 nitrogen and oxygen atoms in total. The van der Waals surface area contributed by atoms with Crippen molar-refractivity contribution in [1.82, 2.24) is 5.32 Å². The Labute approximate surface area is 107 Å². The third-order valence-corrected chi connectivity index (χ3v) is 3.25. The molecule has 0 spiro atoms. The summed E-state index contributed by atoms with van der Waals surface area (Å²) >= 11 is 0. The van der Waals surface area contributed by atoms with Crippen LogP contribution in [0.15, 0.2) is 12.1 Å². The average molecular weight is 257 g/mol. The minimum atomic E-state index is -0.800. The number of hydrogen-bond acceptors (Lipinski definition) is 2. The van der Waals surface area contributed by atoms with Crippen LogP contribution >= 0.6 is 0 Å². The largest absolute Gasteiger partial charge is 0.377 e. The van der Waals surface area contributed by atoms with Crippen molar-refractivity contribution < 1.29 is 13.5 Å². The van der Waals surface area contributed by atoms with Gasteiger partial charge >= 0.3 is 0 Å². The summed E-state index contributed by atoms with van der Waals surface area (Å²) in [5.41, 5.74) is -0.0213. The van der Waals surface area contributed by atoms with Gasteiger partial charge in [-0.1, -0.05) is 19.1 Å². The zero-order valence-corrected chi connectivity index (χ0v) is 11.6. The van der Waals surface area contributed by atoms with Gasteiger partial charge in [0, 0.05) is 12.7 Å². The first-order chi connectivity index (χ1) is 8.35. The van der Waals surface area contributed by atoms with Gasteiger partial charge in [-0.3, -0.25) is 0 Å². The molecule has 0 bridgehead atoms. The lowest BCUT2D eigenvalue weighted by atomic mass is 9.90. The Kier molecular flexibility index (Phi) is 4.82. The van der Waals surface area contributed by atoms with E-state index in [2.05, 4.69) is 5.32 Å². The first-order valence-electron chi connectivity index (χ1n) is 6.08. The molecule has 1 N–H and O–H groups in total. The Morgan fingerprint density at radius 1 is 1.28 bits per heavy atom.